The Morgan fingerprint density at radius 1 is 1.22 bits per heavy atom. The highest BCUT2D eigenvalue weighted by atomic mass is 79.9. The van der Waals surface area contributed by atoms with E-state index in [0.29, 0.717) is 17.9 Å². The van der Waals surface area contributed by atoms with Gasteiger partial charge in [-0.2, -0.15) is 0 Å². The van der Waals surface area contributed by atoms with E-state index in [9.17, 15) is 4.79 Å². The number of amides is 1. The van der Waals surface area contributed by atoms with Crippen LogP contribution in [0.25, 0.3) is 0 Å². The van der Waals surface area contributed by atoms with Gasteiger partial charge in [-0.1, -0.05) is 41.6 Å². The van der Waals surface area contributed by atoms with Gasteiger partial charge in [0.2, 0.25) is 5.91 Å². The third-order valence-electron chi connectivity index (χ3n) is 3.91. The largest absolute Gasteiger partial charge is 0.340 e. The number of alkyl halides is 1. The van der Waals surface area contributed by atoms with E-state index in [1.165, 1.54) is 38.5 Å². The van der Waals surface area contributed by atoms with Crippen LogP contribution in [0.15, 0.2) is 0 Å². The summed E-state index contributed by atoms with van der Waals surface area (Å²) in [4.78, 5) is 14.4. The van der Waals surface area contributed by atoms with E-state index in [1.807, 2.05) is 0 Å². The minimum Gasteiger partial charge on any atom is -0.340 e. The second-order valence-electron chi connectivity index (χ2n) is 5.79. The minimum absolute atomic E-state index is 0.335. The number of halogens is 1. The molecule has 1 fully saturated rings. The maximum atomic E-state index is 12.4. The predicted molar refractivity (Wildman–Crippen MR) is 81.1 cm³/mol. The standard InChI is InChI=1S/C15H28BrNO/c1-13(2)17(11-7-10-16)15(18)12-14-8-5-3-4-6-9-14/h13-14H,3-12H2,1-2H3. The summed E-state index contributed by atoms with van der Waals surface area (Å²) in [6.07, 6.45) is 9.72. The van der Waals surface area contributed by atoms with E-state index in [-0.39, 0.29) is 0 Å². The number of carbonyl (C=O) groups is 1. The Hall–Kier alpha value is -0.0500. The van der Waals surface area contributed by atoms with Crippen LogP contribution in [0.3, 0.4) is 0 Å². The second kappa shape index (κ2) is 8.95. The highest BCUT2D eigenvalue weighted by Crippen LogP contribution is 2.26. The summed E-state index contributed by atoms with van der Waals surface area (Å²) >= 11 is 3.45. The van der Waals surface area contributed by atoms with E-state index < -0.39 is 0 Å². The number of hydrogen-bond acceptors (Lipinski definition) is 1. The van der Waals surface area contributed by atoms with Crippen LogP contribution in [0.2, 0.25) is 0 Å². The van der Waals surface area contributed by atoms with E-state index in [2.05, 4.69) is 34.7 Å². The Balaban J connectivity index is 2.43. The van der Waals surface area contributed by atoms with Crippen molar-refractivity contribution in [2.45, 2.75) is 71.3 Å². The van der Waals surface area contributed by atoms with Crippen LogP contribution in [-0.4, -0.2) is 28.7 Å². The lowest BCUT2D eigenvalue weighted by Gasteiger charge is -2.28. The van der Waals surface area contributed by atoms with Crippen molar-refractivity contribution >= 4 is 21.8 Å². The van der Waals surface area contributed by atoms with Crippen molar-refractivity contribution < 1.29 is 4.79 Å². The van der Waals surface area contributed by atoms with E-state index in [0.717, 1.165) is 24.7 Å². The Morgan fingerprint density at radius 2 is 1.83 bits per heavy atom. The molecule has 3 heteroatoms. The number of hydrogen-bond donors (Lipinski definition) is 0. The van der Waals surface area contributed by atoms with Crippen LogP contribution >= 0.6 is 15.9 Å². The molecule has 0 aromatic carbocycles. The van der Waals surface area contributed by atoms with Crippen LogP contribution in [-0.2, 0) is 4.79 Å². The zero-order valence-electron chi connectivity index (χ0n) is 12.0. The molecule has 0 saturated heterocycles. The molecule has 0 aromatic rings. The summed E-state index contributed by atoms with van der Waals surface area (Å²) in [7, 11) is 0. The summed E-state index contributed by atoms with van der Waals surface area (Å²) in [5, 5.41) is 0.979. The van der Waals surface area contributed by atoms with Crippen LogP contribution in [0.4, 0.5) is 0 Å². The highest BCUT2D eigenvalue weighted by molar-refractivity contribution is 9.09. The molecule has 0 radical (unpaired) electrons. The zero-order valence-corrected chi connectivity index (χ0v) is 13.5. The SMILES string of the molecule is CC(C)N(CCCBr)C(=O)CC1CCCCCC1. The number of carbonyl (C=O) groups excluding carboxylic acids is 1. The van der Waals surface area contributed by atoms with Gasteiger partial charge in [-0.3, -0.25) is 4.79 Å². The normalized spacial score (nSPS) is 17.8. The number of nitrogens with zero attached hydrogens (tertiary/aromatic N) is 1. The molecule has 106 valence electrons. The van der Waals surface area contributed by atoms with Gasteiger partial charge in [0.25, 0.3) is 0 Å². The van der Waals surface area contributed by atoms with Crippen molar-refractivity contribution in [3.63, 3.8) is 0 Å². The van der Waals surface area contributed by atoms with Gasteiger partial charge >= 0.3 is 0 Å². The van der Waals surface area contributed by atoms with Gasteiger partial charge in [0.1, 0.15) is 0 Å². The van der Waals surface area contributed by atoms with E-state index in [1.54, 1.807) is 0 Å². The molecule has 0 aromatic heterocycles. The molecule has 1 rings (SSSR count). The molecule has 1 amide bonds. The molecular weight excluding hydrogens is 290 g/mol. The second-order valence-corrected chi connectivity index (χ2v) is 6.58. The molecule has 0 heterocycles. The van der Waals surface area contributed by atoms with Crippen molar-refractivity contribution in [1.82, 2.24) is 4.90 Å². The lowest BCUT2D eigenvalue weighted by Crippen LogP contribution is -2.38. The first-order valence-corrected chi connectivity index (χ1v) is 8.62. The molecule has 0 aliphatic heterocycles. The summed E-state index contributed by atoms with van der Waals surface area (Å²) in [6, 6.07) is 0.335. The Morgan fingerprint density at radius 3 is 2.33 bits per heavy atom. The van der Waals surface area contributed by atoms with Gasteiger partial charge in [0, 0.05) is 24.3 Å². The Bertz CT molecular complexity index is 235. The Kier molecular flexibility index (Phi) is 7.96. The highest BCUT2D eigenvalue weighted by Gasteiger charge is 2.21. The Labute approximate surface area is 121 Å². The van der Waals surface area contributed by atoms with Crippen molar-refractivity contribution in [2.24, 2.45) is 5.92 Å². The number of rotatable bonds is 6. The smallest absolute Gasteiger partial charge is 0.223 e. The molecule has 1 saturated carbocycles. The van der Waals surface area contributed by atoms with Gasteiger partial charge in [-0.05, 0) is 39.0 Å². The maximum Gasteiger partial charge on any atom is 0.223 e. The molecule has 1 aliphatic rings. The fourth-order valence-corrected chi connectivity index (χ4v) is 3.08. The molecule has 0 spiro atoms. The molecule has 1 aliphatic carbocycles. The van der Waals surface area contributed by atoms with Crippen LogP contribution in [0, 0.1) is 5.92 Å². The first-order chi connectivity index (χ1) is 8.65. The van der Waals surface area contributed by atoms with Crippen molar-refractivity contribution in [3.8, 4) is 0 Å². The molecule has 0 unspecified atom stereocenters. The van der Waals surface area contributed by atoms with Crippen molar-refractivity contribution in [2.75, 3.05) is 11.9 Å². The van der Waals surface area contributed by atoms with Crippen LogP contribution in [0.5, 0.6) is 0 Å². The third kappa shape index (κ3) is 5.73. The molecular formula is C15H28BrNO. The van der Waals surface area contributed by atoms with Gasteiger partial charge in [-0.25, -0.2) is 0 Å². The average molecular weight is 318 g/mol. The van der Waals surface area contributed by atoms with E-state index in [4.69, 9.17) is 0 Å². The monoisotopic (exact) mass is 317 g/mol. The van der Waals surface area contributed by atoms with Crippen LogP contribution < -0.4 is 0 Å². The predicted octanol–water partition coefficient (Wildman–Crippen LogP) is 4.37. The third-order valence-corrected chi connectivity index (χ3v) is 4.48. The van der Waals surface area contributed by atoms with Crippen molar-refractivity contribution in [1.29, 1.82) is 0 Å². The molecule has 0 bridgehead atoms. The zero-order chi connectivity index (χ0) is 13.4. The summed E-state index contributed by atoms with van der Waals surface area (Å²) in [6.45, 7) is 5.15. The fourth-order valence-electron chi connectivity index (χ4n) is 2.83. The maximum absolute atomic E-state index is 12.4. The minimum atomic E-state index is 0.335. The average Bonchev–Trinajstić information content (AvgIpc) is 2.57. The quantitative estimate of drug-likeness (QED) is 0.526. The first kappa shape index (κ1) is 16.0. The lowest BCUT2D eigenvalue weighted by molar-refractivity contribution is -0.134. The summed E-state index contributed by atoms with van der Waals surface area (Å²) in [5.41, 5.74) is 0. The lowest BCUT2D eigenvalue weighted by atomic mass is 9.95. The molecule has 18 heavy (non-hydrogen) atoms. The van der Waals surface area contributed by atoms with Gasteiger partial charge in [0.15, 0.2) is 0 Å². The summed E-state index contributed by atoms with van der Waals surface area (Å²) in [5.74, 6) is 1.02. The molecule has 2 nitrogen and oxygen atoms in total. The van der Waals surface area contributed by atoms with Gasteiger partial charge in [0.05, 0.1) is 0 Å². The van der Waals surface area contributed by atoms with Gasteiger partial charge in [-0.15, -0.1) is 0 Å². The first-order valence-electron chi connectivity index (χ1n) is 7.50. The fraction of sp³-hybridized carbons (Fsp3) is 0.933. The topological polar surface area (TPSA) is 20.3 Å². The molecule has 0 N–H and O–H groups in total. The van der Waals surface area contributed by atoms with Crippen LogP contribution in [0.1, 0.15) is 65.2 Å². The molecule has 0 atom stereocenters. The van der Waals surface area contributed by atoms with Gasteiger partial charge < -0.3 is 4.90 Å². The van der Waals surface area contributed by atoms with Crippen molar-refractivity contribution in [3.05, 3.63) is 0 Å². The van der Waals surface area contributed by atoms with E-state index >= 15 is 0 Å². The summed E-state index contributed by atoms with van der Waals surface area (Å²) < 4.78 is 0.